The Morgan fingerprint density at radius 3 is 2.13 bits per heavy atom. The molecule has 0 spiro atoms. The van der Waals surface area contributed by atoms with E-state index in [0.717, 1.165) is 0 Å². The van der Waals surface area contributed by atoms with Gasteiger partial charge in [-0.05, 0) is 37.3 Å². The Balaban J connectivity index is 2.31. The van der Waals surface area contributed by atoms with Gasteiger partial charge in [0.1, 0.15) is 0 Å². The highest BCUT2D eigenvalue weighted by molar-refractivity contribution is 5.56. The largest absolute Gasteiger partial charge is 0.368 e. The van der Waals surface area contributed by atoms with E-state index in [9.17, 15) is 0 Å². The number of anilines is 1. The lowest BCUT2D eigenvalue weighted by Crippen LogP contribution is -2.35. The molecule has 15 heavy (non-hydrogen) atoms. The van der Waals surface area contributed by atoms with Crippen LogP contribution in [0.5, 0.6) is 0 Å². The molecule has 0 N–H and O–H groups in total. The first kappa shape index (κ1) is 10.5. The lowest BCUT2D eigenvalue weighted by Gasteiger charge is -2.31. The van der Waals surface area contributed by atoms with Gasteiger partial charge in [0.15, 0.2) is 0 Å². The van der Waals surface area contributed by atoms with Crippen LogP contribution in [0.25, 0.3) is 0 Å². The Morgan fingerprint density at radius 1 is 1.13 bits per heavy atom. The van der Waals surface area contributed by atoms with Crippen molar-refractivity contribution >= 4 is 5.69 Å². The Bertz CT molecular complexity index is 381. The van der Waals surface area contributed by atoms with Crippen molar-refractivity contribution in [3.8, 4) is 0 Å². The van der Waals surface area contributed by atoms with Gasteiger partial charge in [-0.25, -0.2) is 0 Å². The van der Waals surface area contributed by atoms with E-state index < -0.39 is 0 Å². The van der Waals surface area contributed by atoms with E-state index in [1.54, 1.807) is 0 Å². The Morgan fingerprint density at radius 2 is 1.67 bits per heavy atom. The van der Waals surface area contributed by atoms with Gasteiger partial charge in [-0.2, -0.15) is 0 Å². The highest BCUT2D eigenvalue weighted by atomic mass is 15.2. The van der Waals surface area contributed by atoms with Crippen LogP contribution in [0.15, 0.2) is 24.3 Å². The zero-order valence-electron chi connectivity index (χ0n) is 10.5. The molecule has 1 aliphatic carbocycles. The number of nitrogens with zero attached hydrogens (tertiary/aromatic N) is 1. The lowest BCUT2D eigenvalue weighted by molar-refractivity contribution is 0.503. The normalized spacial score (nSPS) is 27.5. The van der Waals surface area contributed by atoms with Crippen LogP contribution in [-0.4, -0.2) is 12.6 Å². The van der Waals surface area contributed by atoms with Crippen LogP contribution in [0.4, 0.5) is 5.69 Å². The molecule has 0 aromatic heterocycles. The predicted molar refractivity (Wildman–Crippen MR) is 66.4 cm³/mol. The number of para-hydroxylation sites is 1. The van der Waals surface area contributed by atoms with Gasteiger partial charge in [0.2, 0.25) is 0 Å². The molecule has 0 saturated heterocycles. The molecule has 1 atom stereocenters. The highest BCUT2D eigenvalue weighted by Crippen LogP contribution is 2.59. The minimum Gasteiger partial charge on any atom is -0.368 e. The molecular weight excluding hydrogens is 182 g/mol. The first-order chi connectivity index (χ1) is 6.88. The van der Waals surface area contributed by atoms with Crippen molar-refractivity contribution in [2.45, 2.75) is 39.7 Å². The molecule has 0 amide bonds. The fraction of sp³-hybridized carbons (Fsp3) is 0.571. The molecule has 1 nitrogen and oxygen atoms in total. The fourth-order valence-corrected chi connectivity index (χ4v) is 2.59. The summed E-state index contributed by atoms with van der Waals surface area (Å²) < 4.78 is 0. The van der Waals surface area contributed by atoms with Crippen LogP contribution in [0, 0.1) is 12.3 Å². The third kappa shape index (κ3) is 1.45. The number of rotatable bonds is 2. The molecule has 0 bridgehead atoms. The first-order valence-corrected chi connectivity index (χ1v) is 5.68. The SMILES string of the molecule is Cc1ccccc1N(C)C1(C)CC1(C)C. The van der Waals surface area contributed by atoms with Gasteiger partial charge in [0.25, 0.3) is 0 Å². The van der Waals surface area contributed by atoms with E-state index in [1.807, 2.05) is 0 Å². The van der Waals surface area contributed by atoms with E-state index in [-0.39, 0.29) is 0 Å². The van der Waals surface area contributed by atoms with Crippen LogP contribution in [0.2, 0.25) is 0 Å². The number of hydrogen-bond acceptors (Lipinski definition) is 1. The van der Waals surface area contributed by atoms with Crippen LogP contribution >= 0.6 is 0 Å². The van der Waals surface area contributed by atoms with Crippen molar-refractivity contribution in [2.75, 3.05) is 11.9 Å². The van der Waals surface area contributed by atoms with Gasteiger partial charge in [0.05, 0.1) is 0 Å². The van der Waals surface area contributed by atoms with Gasteiger partial charge in [-0.15, -0.1) is 0 Å². The molecule has 1 aromatic rings. The third-order valence-corrected chi connectivity index (χ3v) is 4.34. The van der Waals surface area contributed by atoms with E-state index in [1.165, 1.54) is 17.7 Å². The number of benzene rings is 1. The molecule has 1 aromatic carbocycles. The summed E-state index contributed by atoms with van der Waals surface area (Å²) in [7, 11) is 2.22. The molecule has 1 heteroatoms. The molecular formula is C14H21N. The van der Waals surface area contributed by atoms with Gasteiger partial charge in [-0.1, -0.05) is 32.0 Å². The standard InChI is InChI=1S/C14H21N/c1-11-8-6-7-9-12(11)15(5)14(4)10-13(14,2)3/h6-9H,10H2,1-5H3. The second-order valence-corrected chi connectivity index (χ2v) is 5.68. The summed E-state index contributed by atoms with van der Waals surface area (Å²) in [6.07, 6.45) is 1.28. The summed E-state index contributed by atoms with van der Waals surface area (Å²) in [5, 5.41) is 0. The first-order valence-electron chi connectivity index (χ1n) is 5.68. The van der Waals surface area contributed by atoms with Gasteiger partial charge in [0, 0.05) is 18.3 Å². The van der Waals surface area contributed by atoms with Crippen LogP contribution < -0.4 is 4.90 Å². The molecule has 82 valence electrons. The van der Waals surface area contributed by atoms with Crippen molar-refractivity contribution in [2.24, 2.45) is 5.41 Å². The van der Waals surface area contributed by atoms with E-state index >= 15 is 0 Å². The molecule has 1 unspecified atom stereocenters. The molecule has 0 heterocycles. The summed E-state index contributed by atoms with van der Waals surface area (Å²) in [6, 6.07) is 8.63. The van der Waals surface area contributed by atoms with Crippen LogP contribution in [0.3, 0.4) is 0 Å². The van der Waals surface area contributed by atoms with Crippen molar-refractivity contribution in [1.82, 2.24) is 0 Å². The summed E-state index contributed by atoms with van der Waals surface area (Å²) in [5.41, 5.74) is 3.51. The Hall–Kier alpha value is -0.980. The molecule has 0 aliphatic heterocycles. The highest BCUT2D eigenvalue weighted by Gasteiger charge is 2.60. The molecule has 2 rings (SSSR count). The minimum absolute atomic E-state index is 0.332. The molecule has 1 aliphatic rings. The van der Waals surface area contributed by atoms with Gasteiger partial charge >= 0.3 is 0 Å². The predicted octanol–water partition coefficient (Wildman–Crippen LogP) is 3.62. The summed E-state index contributed by atoms with van der Waals surface area (Å²) in [6.45, 7) is 9.24. The quantitative estimate of drug-likeness (QED) is 0.709. The molecule has 0 radical (unpaired) electrons. The van der Waals surface area contributed by atoms with Crippen molar-refractivity contribution in [3.63, 3.8) is 0 Å². The van der Waals surface area contributed by atoms with Crippen molar-refractivity contribution in [3.05, 3.63) is 29.8 Å². The van der Waals surface area contributed by atoms with Gasteiger partial charge in [-0.3, -0.25) is 0 Å². The zero-order valence-corrected chi connectivity index (χ0v) is 10.5. The maximum Gasteiger partial charge on any atom is 0.0428 e. The average Bonchev–Trinajstić information content (AvgIpc) is 2.67. The maximum atomic E-state index is 2.45. The van der Waals surface area contributed by atoms with Crippen molar-refractivity contribution in [1.29, 1.82) is 0 Å². The van der Waals surface area contributed by atoms with Gasteiger partial charge < -0.3 is 4.90 Å². The number of aryl methyl sites for hydroxylation is 1. The summed E-state index contributed by atoms with van der Waals surface area (Å²) in [4.78, 5) is 2.45. The smallest absolute Gasteiger partial charge is 0.0428 e. The Labute approximate surface area is 93.1 Å². The number of hydrogen-bond donors (Lipinski definition) is 0. The maximum absolute atomic E-state index is 2.45. The molecule has 1 fully saturated rings. The third-order valence-electron chi connectivity index (χ3n) is 4.34. The Kier molecular flexibility index (Phi) is 2.11. The van der Waals surface area contributed by atoms with E-state index in [4.69, 9.17) is 0 Å². The van der Waals surface area contributed by atoms with Crippen LogP contribution in [-0.2, 0) is 0 Å². The van der Waals surface area contributed by atoms with E-state index in [2.05, 4.69) is 63.9 Å². The summed E-state index contributed by atoms with van der Waals surface area (Å²) >= 11 is 0. The second kappa shape index (κ2) is 3.01. The second-order valence-electron chi connectivity index (χ2n) is 5.68. The zero-order chi connectivity index (χ0) is 11.3. The monoisotopic (exact) mass is 203 g/mol. The topological polar surface area (TPSA) is 3.24 Å². The van der Waals surface area contributed by atoms with Crippen LogP contribution in [0.1, 0.15) is 32.8 Å². The molecule has 1 saturated carbocycles. The van der Waals surface area contributed by atoms with Crippen molar-refractivity contribution < 1.29 is 0 Å². The lowest BCUT2D eigenvalue weighted by atomic mass is 10.0. The minimum atomic E-state index is 0.332. The summed E-state index contributed by atoms with van der Waals surface area (Å²) in [5.74, 6) is 0. The fourth-order valence-electron chi connectivity index (χ4n) is 2.59. The average molecular weight is 203 g/mol. The van der Waals surface area contributed by atoms with E-state index in [0.29, 0.717) is 11.0 Å².